The van der Waals surface area contributed by atoms with Crippen LogP contribution in [0.5, 0.6) is 0 Å². The Balaban J connectivity index is 1.09. The number of anilines is 3. The van der Waals surface area contributed by atoms with E-state index < -0.39 is 0 Å². The monoisotopic (exact) mass is 771 g/mol. The zero-order valence-corrected chi connectivity index (χ0v) is 34.5. The van der Waals surface area contributed by atoms with Crippen molar-refractivity contribution < 1.29 is 4.42 Å². The predicted molar refractivity (Wildman–Crippen MR) is 251 cm³/mol. The summed E-state index contributed by atoms with van der Waals surface area (Å²) in [6, 6.07) is 56.6. The first-order chi connectivity index (χ1) is 29.4. The summed E-state index contributed by atoms with van der Waals surface area (Å²) in [6.45, 7) is 9.15. The van der Waals surface area contributed by atoms with Crippen molar-refractivity contribution >= 4 is 44.6 Å². The highest BCUT2D eigenvalue weighted by Crippen LogP contribution is 2.66. The molecule has 7 aromatic carbocycles. The largest absolute Gasteiger partial charge is 0.455 e. The van der Waals surface area contributed by atoms with Crippen LogP contribution in [0.2, 0.25) is 0 Å². The van der Waals surface area contributed by atoms with Gasteiger partial charge in [-0.25, -0.2) is 0 Å². The van der Waals surface area contributed by atoms with Gasteiger partial charge in [0, 0.05) is 44.6 Å². The van der Waals surface area contributed by atoms with Crippen LogP contribution in [0.1, 0.15) is 73.4 Å². The van der Waals surface area contributed by atoms with E-state index in [1.54, 1.807) is 0 Å². The van der Waals surface area contributed by atoms with Crippen molar-refractivity contribution in [2.24, 2.45) is 0 Å². The van der Waals surface area contributed by atoms with E-state index >= 15 is 0 Å². The van der Waals surface area contributed by atoms with Crippen LogP contribution in [-0.4, -0.2) is 0 Å². The number of para-hydroxylation sites is 2. The van der Waals surface area contributed by atoms with E-state index in [4.69, 9.17) is 4.42 Å². The molecule has 1 aromatic heterocycles. The molecule has 288 valence electrons. The smallest absolute Gasteiger partial charge is 0.143 e. The van der Waals surface area contributed by atoms with Gasteiger partial charge in [-0.05, 0) is 118 Å². The predicted octanol–water partition coefficient (Wildman–Crippen LogP) is 15.7. The number of furan rings is 1. The Morgan fingerprint density at radius 3 is 2.23 bits per heavy atom. The van der Waals surface area contributed by atoms with Crippen LogP contribution in [0.3, 0.4) is 0 Å². The maximum atomic E-state index is 6.52. The molecule has 4 aliphatic rings. The summed E-state index contributed by atoms with van der Waals surface area (Å²) in [5.74, 6) is 0.356. The van der Waals surface area contributed by atoms with E-state index in [1.807, 2.05) is 6.07 Å². The van der Waals surface area contributed by atoms with Gasteiger partial charge in [0.15, 0.2) is 0 Å². The summed E-state index contributed by atoms with van der Waals surface area (Å²) in [5.41, 5.74) is 22.2. The van der Waals surface area contributed by atoms with Gasteiger partial charge in [0.25, 0.3) is 0 Å². The lowest BCUT2D eigenvalue weighted by molar-refractivity contribution is 0.654. The summed E-state index contributed by atoms with van der Waals surface area (Å²) in [7, 11) is 0. The highest BCUT2D eigenvalue weighted by Gasteiger charge is 2.55. The molecule has 2 nitrogen and oxygen atoms in total. The van der Waals surface area contributed by atoms with Gasteiger partial charge < -0.3 is 9.32 Å². The van der Waals surface area contributed by atoms with Crippen LogP contribution >= 0.6 is 0 Å². The Morgan fingerprint density at radius 2 is 1.37 bits per heavy atom. The molecule has 0 fully saturated rings. The normalized spacial score (nSPS) is 19.2. The number of hydrogen-bond acceptors (Lipinski definition) is 2. The number of fused-ring (bicyclic) bond motifs is 14. The second-order valence-electron chi connectivity index (χ2n) is 17.5. The zero-order valence-electron chi connectivity index (χ0n) is 34.5. The van der Waals surface area contributed by atoms with E-state index in [1.165, 1.54) is 66.9 Å². The second kappa shape index (κ2) is 12.8. The van der Waals surface area contributed by atoms with E-state index in [-0.39, 0.29) is 10.8 Å². The van der Waals surface area contributed by atoms with E-state index in [2.05, 4.69) is 209 Å². The fraction of sp³-hybridized carbons (Fsp3) is 0.138. The Labute approximate surface area is 352 Å². The van der Waals surface area contributed by atoms with E-state index in [9.17, 15) is 0 Å². The number of rotatable bonds is 5. The van der Waals surface area contributed by atoms with Gasteiger partial charge in [0.1, 0.15) is 11.2 Å². The van der Waals surface area contributed by atoms with Gasteiger partial charge in [0.2, 0.25) is 0 Å². The number of benzene rings is 7. The molecule has 12 rings (SSSR count). The minimum Gasteiger partial charge on any atom is -0.455 e. The lowest BCUT2D eigenvalue weighted by Crippen LogP contribution is -2.27. The van der Waals surface area contributed by atoms with Crippen LogP contribution in [-0.2, 0) is 10.8 Å². The molecule has 2 heteroatoms. The average molecular weight is 772 g/mol. The summed E-state index contributed by atoms with van der Waals surface area (Å²) < 4.78 is 6.52. The molecule has 0 saturated heterocycles. The van der Waals surface area contributed by atoms with Crippen LogP contribution in [0, 0.1) is 0 Å². The fourth-order valence-corrected chi connectivity index (χ4v) is 11.7. The second-order valence-corrected chi connectivity index (χ2v) is 17.5. The molecule has 4 aliphatic carbocycles. The average Bonchev–Trinajstić information content (AvgIpc) is 3.97. The third-order valence-electron chi connectivity index (χ3n) is 14.2. The molecule has 2 atom stereocenters. The maximum Gasteiger partial charge on any atom is 0.143 e. The molecule has 0 aliphatic heterocycles. The van der Waals surface area contributed by atoms with Crippen molar-refractivity contribution in [2.75, 3.05) is 4.90 Å². The molecular formula is C58H45NO. The molecule has 0 radical (unpaired) electrons. The quantitative estimate of drug-likeness (QED) is 0.173. The molecular weight excluding hydrogens is 727 g/mol. The zero-order chi connectivity index (χ0) is 40.3. The summed E-state index contributed by atoms with van der Waals surface area (Å²) in [6.07, 6.45) is 12.6. The standard InChI is InChI=1S/C58H45NO/c1-5-16-47-36(2)40-34-33-39(35-52(40)57(47,3)4)59(38-31-29-37(30-32-38)41-21-14-22-45-44-19-9-13-28-54(44)60-56(41)45)53-27-15-26-51-55(53)46-20-8-12-25-50(46)58(51)48-23-10-6-17-42(48)43-18-7-11-24-49(43)58/h5-17,19-35,43H,18H2,1-4H3/b16-5-. The third kappa shape index (κ3) is 4.59. The van der Waals surface area contributed by atoms with Crippen molar-refractivity contribution in [3.8, 4) is 22.3 Å². The van der Waals surface area contributed by atoms with E-state index in [0.29, 0.717) is 5.92 Å². The van der Waals surface area contributed by atoms with Gasteiger partial charge in [-0.1, -0.05) is 159 Å². The van der Waals surface area contributed by atoms with Crippen molar-refractivity contribution in [1.29, 1.82) is 0 Å². The molecule has 8 aromatic rings. The Kier molecular flexibility index (Phi) is 7.48. The summed E-state index contributed by atoms with van der Waals surface area (Å²) >= 11 is 0. The topological polar surface area (TPSA) is 16.4 Å². The Hall–Kier alpha value is -6.90. The van der Waals surface area contributed by atoms with Crippen molar-refractivity contribution in [3.05, 3.63) is 227 Å². The van der Waals surface area contributed by atoms with Crippen LogP contribution in [0.4, 0.5) is 17.1 Å². The van der Waals surface area contributed by atoms with Crippen molar-refractivity contribution in [2.45, 2.75) is 50.9 Å². The third-order valence-corrected chi connectivity index (χ3v) is 14.2. The van der Waals surface area contributed by atoms with Gasteiger partial charge in [-0.15, -0.1) is 0 Å². The Morgan fingerprint density at radius 1 is 0.650 bits per heavy atom. The van der Waals surface area contributed by atoms with Gasteiger partial charge >= 0.3 is 0 Å². The van der Waals surface area contributed by atoms with Gasteiger partial charge in [0.05, 0.1) is 11.1 Å². The Bertz CT molecular complexity index is 3240. The minimum atomic E-state index is -0.364. The van der Waals surface area contributed by atoms with E-state index in [0.717, 1.165) is 50.9 Å². The first kappa shape index (κ1) is 35.1. The van der Waals surface area contributed by atoms with Gasteiger partial charge in [-0.3, -0.25) is 0 Å². The molecule has 2 unspecified atom stereocenters. The minimum absolute atomic E-state index is 0.137. The number of allylic oxidation sites excluding steroid dienone is 8. The SMILES string of the molecule is C/C=C\C1=C(C)c2ccc(N(c3ccc(-c4cccc5c4oc4ccccc45)cc3)c3cccc4c3-c3ccccc3C43C4=CC=CCC4c4ccccc43)cc2C1(C)C. The van der Waals surface area contributed by atoms with Gasteiger partial charge in [-0.2, -0.15) is 0 Å². The van der Waals surface area contributed by atoms with Crippen LogP contribution in [0.25, 0.3) is 49.8 Å². The molecule has 1 spiro atoms. The molecule has 0 bridgehead atoms. The number of nitrogens with zero attached hydrogens (tertiary/aromatic N) is 1. The lowest BCUT2D eigenvalue weighted by Gasteiger charge is -2.34. The fourth-order valence-electron chi connectivity index (χ4n) is 11.7. The molecule has 0 saturated carbocycles. The highest BCUT2D eigenvalue weighted by molar-refractivity contribution is 6.09. The molecule has 1 heterocycles. The van der Waals surface area contributed by atoms with Crippen LogP contribution in [0.15, 0.2) is 198 Å². The molecule has 60 heavy (non-hydrogen) atoms. The highest BCUT2D eigenvalue weighted by atomic mass is 16.3. The van der Waals surface area contributed by atoms with Crippen LogP contribution < -0.4 is 4.90 Å². The first-order valence-corrected chi connectivity index (χ1v) is 21.4. The molecule has 0 amide bonds. The number of hydrogen-bond donors (Lipinski definition) is 0. The van der Waals surface area contributed by atoms with Crippen molar-refractivity contribution in [3.63, 3.8) is 0 Å². The van der Waals surface area contributed by atoms with Crippen molar-refractivity contribution in [1.82, 2.24) is 0 Å². The molecule has 0 N–H and O–H groups in total. The summed E-state index contributed by atoms with van der Waals surface area (Å²) in [4.78, 5) is 2.52. The lowest BCUT2D eigenvalue weighted by atomic mass is 9.69. The first-order valence-electron chi connectivity index (χ1n) is 21.4. The summed E-state index contributed by atoms with van der Waals surface area (Å²) in [5, 5.41) is 2.29. The maximum absolute atomic E-state index is 6.52.